The molecule has 1 heterocycles. The van der Waals surface area contributed by atoms with E-state index >= 15 is 0 Å². The average Bonchev–Trinajstić information content (AvgIpc) is 2.92. The molecule has 0 unspecified atom stereocenters. The van der Waals surface area contributed by atoms with Crippen molar-refractivity contribution in [2.45, 2.75) is 20.0 Å². The first-order valence-corrected chi connectivity index (χ1v) is 7.45. The molecule has 114 valence electrons. The molecule has 0 bridgehead atoms. The smallest absolute Gasteiger partial charge is 0.180 e. The first-order valence-electron chi connectivity index (χ1n) is 7.08. The van der Waals surface area contributed by atoms with Crippen LogP contribution in [0, 0.1) is 0 Å². The minimum atomic E-state index is 0.0171. The van der Waals surface area contributed by atoms with Gasteiger partial charge in [0.25, 0.3) is 0 Å². The van der Waals surface area contributed by atoms with Crippen LogP contribution in [0.25, 0.3) is 22.4 Å². The first-order chi connectivity index (χ1) is 10.6. The van der Waals surface area contributed by atoms with Crippen LogP contribution in [0.1, 0.15) is 13.8 Å². The highest BCUT2D eigenvalue weighted by Gasteiger charge is 2.15. The number of nitrogens with one attached hydrogen (secondary N) is 1. The molecule has 0 saturated heterocycles. The molecule has 1 aromatic heterocycles. The van der Waals surface area contributed by atoms with E-state index in [4.69, 9.17) is 21.1 Å². The molecule has 0 amide bonds. The molecular formula is C17H17ClN2O2. The summed E-state index contributed by atoms with van der Waals surface area (Å²) in [7, 11) is 1.60. The van der Waals surface area contributed by atoms with Crippen LogP contribution in [0.5, 0.6) is 11.5 Å². The molecule has 0 fully saturated rings. The summed E-state index contributed by atoms with van der Waals surface area (Å²) < 4.78 is 11.1. The lowest BCUT2D eigenvalue weighted by molar-refractivity contribution is 0.230. The van der Waals surface area contributed by atoms with E-state index in [9.17, 15) is 0 Å². The number of hydrogen-bond acceptors (Lipinski definition) is 3. The third-order valence-electron chi connectivity index (χ3n) is 3.25. The summed E-state index contributed by atoms with van der Waals surface area (Å²) in [4.78, 5) is 7.86. The van der Waals surface area contributed by atoms with Gasteiger partial charge >= 0.3 is 0 Å². The number of para-hydroxylation sites is 2. The van der Waals surface area contributed by atoms with Crippen molar-refractivity contribution in [2.75, 3.05) is 7.11 Å². The molecule has 1 N–H and O–H groups in total. The molecule has 3 aromatic rings. The predicted octanol–water partition coefficient (Wildman–Crippen LogP) is 4.68. The van der Waals surface area contributed by atoms with E-state index in [1.165, 1.54) is 0 Å². The van der Waals surface area contributed by atoms with Crippen LogP contribution >= 0.6 is 11.6 Å². The van der Waals surface area contributed by atoms with Gasteiger partial charge in [0.15, 0.2) is 11.5 Å². The first kappa shape index (κ1) is 14.7. The highest BCUT2D eigenvalue weighted by molar-refractivity contribution is 6.32. The minimum absolute atomic E-state index is 0.0171. The molecule has 5 heteroatoms. The van der Waals surface area contributed by atoms with Gasteiger partial charge in [0.1, 0.15) is 5.82 Å². The molecule has 0 atom stereocenters. The summed E-state index contributed by atoms with van der Waals surface area (Å²) >= 11 is 6.36. The summed E-state index contributed by atoms with van der Waals surface area (Å²) in [5.74, 6) is 1.90. The van der Waals surface area contributed by atoms with Crippen LogP contribution in [-0.2, 0) is 0 Å². The fraction of sp³-hybridized carbons (Fsp3) is 0.235. The molecule has 0 aliphatic heterocycles. The number of rotatable bonds is 4. The summed E-state index contributed by atoms with van der Waals surface area (Å²) in [5.41, 5.74) is 2.75. The number of hydrogen-bond donors (Lipinski definition) is 1. The number of halogens is 1. The summed E-state index contributed by atoms with van der Waals surface area (Å²) in [6.45, 7) is 3.89. The van der Waals surface area contributed by atoms with E-state index in [1.807, 2.05) is 50.2 Å². The number of ether oxygens (including phenoxy) is 2. The van der Waals surface area contributed by atoms with E-state index < -0.39 is 0 Å². The van der Waals surface area contributed by atoms with E-state index in [-0.39, 0.29) is 6.10 Å². The zero-order chi connectivity index (χ0) is 15.7. The lowest BCUT2D eigenvalue weighted by Crippen LogP contribution is -2.07. The largest absolute Gasteiger partial charge is 0.493 e. The number of aromatic nitrogens is 2. The van der Waals surface area contributed by atoms with Gasteiger partial charge in [-0.25, -0.2) is 4.98 Å². The van der Waals surface area contributed by atoms with Crippen molar-refractivity contribution in [1.29, 1.82) is 0 Å². The van der Waals surface area contributed by atoms with Gasteiger partial charge in [0.05, 0.1) is 29.3 Å². The molecule has 22 heavy (non-hydrogen) atoms. The second-order valence-electron chi connectivity index (χ2n) is 5.26. The molecular weight excluding hydrogens is 300 g/mol. The Bertz CT molecular complexity index is 779. The lowest BCUT2D eigenvalue weighted by atomic mass is 10.2. The lowest BCUT2D eigenvalue weighted by Gasteiger charge is -2.15. The third-order valence-corrected chi connectivity index (χ3v) is 3.53. The van der Waals surface area contributed by atoms with Crippen molar-refractivity contribution >= 4 is 22.6 Å². The number of imidazole rings is 1. The SMILES string of the molecule is COc1cc(-c2nc3ccccc3[nH]2)cc(Cl)c1OC(C)C. The molecule has 3 rings (SSSR count). The maximum Gasteiger partial charge on any atom is 0.180 e. The topological polar surface area (TPSA) is 47.1 Å². The second kappa shape index (κ2) is 5.89. The van der Waals surface area contributed by atoms with Gasteiger partial charge in [0.2, 0.25) is 0 Å². The van der Waals surface area contributed by atoms with Crippen molar-refractivity contribution in [3.8, 4) is 22.9 Å². The summed E-state index contributed by atoms with van der Waals surface area (Å²) in [5, 5.41) is 0.503. The van der Waals surface area contributed by atoms with Crippen molar-refractivity contribution in [1.82, 2.24) is 9.97 Å². The number of fused-ring (bicyclic) bond motifs is 1. The maximum absolute atomic E-state index is 6.36. The quantitative estimate of drug-likeness (QED) is 0.760. The molecule has 0 aliphatic carbocycles. The van der Waals surface area contributed by atoms with E-state index in [2.05, 4.69) is 9.97 Å². The number of aromatic amines is 1. The van der Waals surface area contributed by atoms with Gasteiger partial charge in [-0.05, 0) is 38.1 Å². The van der Waals surface area contributed by atoms with Crippen LogP contribution in [0.4, 0.5) is 0 Å². The van der Waals surface area contributed by atoms with E-state index in [0.29, 0.717) is 16.5 Å². The molecule has 0 aliphatic rings. The van der Waals surface area contributed by atoms with Crippen molar-refractivity contribution in [3.63, 3.8) is 0 Å². The Morgan fingerprint density at radius 1 is 1.18 bits per heavy atom. The minimum Gasteiger partial charge on any atom is -0.493 e. The number of benzene rings is 2. The number of H-pyrrole nitrogens is 1. The zero-order valence-electron chi connectivity index (χ0n) is 12.7. The van der Waals surface area contributed by atoms with Gasteiger partial charge in [-0.3, -0.25) is 0 Å². The summed E-state index contributed by atoms with van der Waals surface area (Å²) in [6, 6.07) is 11.6. The maximum atomic E-state index is 6.36. The summed E-state index contributed by atoms with van der Waals surface area (Å²) in [6.07, 6.45) is 0.0171. The van der Waals surface area contributed by atoms with Crippen LogP contribution in [0.15, 0.2) is 36.4 Å². The van der Waals surface area contributed by atoms with E-state index in [1.54, 1.807) is 7.11 Å². The Morgan fingerprint density at radius 2 is 1.95 bits per heavy atom. The van der Waals surface area contributed by atoms with Crippen molar-refractivity contribution in [2.24, 2.45) is 0 Å². The zero-order valence-corrected chi connectivity index (χ0v) is 13.4. The Morgan fingerprint density at radius 3 is 2.64 bits per heavy atom. The van der Waals surface area contributed by atoms with Crippen molar-refractivity contribution in [3.05, 3.63) is 41.4 Å². The second-order valence-corrected chi connectivity index (χ2v) is 5.67. The Labute approximate surface area is 134 Å². The Kier molecular flexibility index (Phi) is 3.94. The van der Waals surface area contributed by atoms with Crippen molar-refractivity contribution < 1.29 is 9.47 Å². The molecule has 2 aromatic carbocycles. The fourth-order valence-corrected chi connectivity index (χ4v) is 2.55. The Hall–Kier alpha value is -2.20. The van der Waals surface area contributed by atoms with Gasteiger partial charge in [-0.1, -0.05) is 23.7 Å². The molecule has 0 radical (unpaired) electrons. The fourth-order valence-electron chi connectivity index (χ4n) is 2.30. The number of nitrogens with zero attached hydrogens (tertiary/aromatic N) is 1. The highest BCUT2D eigenvalue weighted by atomic mass is 35.5. The average molecular weight is 317 g/mol. The highest BCUT2D eigenvalue weighted by Crippen LogP contribution is 2.39. The normalized spacial score (nSPS) is 11.1. The van der Waals surface area contributed by atoms with Crippen LogP contribution in [0.2, 0.25) is 5.02 Å². The third kappa shape index (κ3) is 2.74. The van der Waals surface area contributed by atoms with Crippen LogP contribution < -0.4 is 9.47 Å². The van der Waals surface area contributed by atoms with Gasteiger partial charge in [-0.15, -0.1) is 0 Å². The molecule has 0 saturated carbocycles. The molecule has 4 nitrogen and oxygen atoms in total. The van der Waals surface area contributed by atoms with Crippen LogP contribution in [0.3, 0.4) is 0 Å². The van der Waals surface area contributed by atoms with E-state index in [0.717, 1.165) is 22.4 Å². The Balaban J connectivity index is 2.09. The monoisotopic (exact) mass is 316 g/mol. The van der Waals surface area contributed by atoms with Crippen LogP contribution in [-0.4, -0.2) is 23.2 Å². The molecule has 0 spiro atoms. The van der Waals surface area contributed by atoms with Gasteiger partial charge in [-0.2, -0.15) is 0 Å². The van der Waals surface area contributed by atoms with Gasteiger partial charge in [0, 0.05) is 5.56 Å². The number of methoxy groups -OCH3 is 1. The predicted molar refractivity (Wildman–Crippen MR) is 88.9 cm³/mol. The van der Waals surface area contributed by atoms with Gasteiger partial charge < -0.3 is 14.5 Å². The standard InChI is InChI=1S/C17H17ClN2O2/c1-10(2)22-16-12(18)8-11(9-15(16)21-3)17-19-13-6-4-5-7-14(13)20-17/h4-10H,1-3H3,(H,19,20).